The second-order valence-electron chi connectivity index (χ2n) is 10.9. The van der Waals surface area contributed by atoms with Gasteiger partial charge in [-0.2, -0.15) is 0 Å². The van der Waals surface area contributed by atoms with Crippen molar-refractivity contribution in [2.75, 3.05) is 0 Å². The Morgan fingerprint density at radius 1 is 0.500 bits per heavy atom. The summed E-state index contributed by atoms with van der Waals surface area (Å²) in [6.07, 6.45) is 0.0130. The SMILES string of the molecule is Cc1ccc(-c2ccc(-c3cc(C)c(-c4ccc(-c5sc(-c6ccc(-c7ccc(C)cc7)s6)cc5CC(=O)O)s4)s3)s2)cc1. The molecule has 0 aliphatic rings. The highest BCUT2D eigenvalue weighted by Crippen LogP contribution is 2.48. The third-order valence-corrected chi connectivity index (χ3v) is 14.0. The molecule has 2 aromatic carbocycles. The summed E-state index contributed by atoms with van der Waals surface area (Å²) in [4.78, 5) is 23.9. The van der Waals surface area contributed by atoms with Crippen LogP contribution in [0.2, 0.25) is 0 Å². The Labute approximate surface area is 277 Å². The third kappa shape index (κ3) is 5.91. The molecule has 0 saturated carbocycles. The number of thiophene rings is 5. The van der Waals surface area contributed by atoms with Crippen LogP contribution < -0.4 is 0 Å². The molecule has 0 aliphatic carbocycles. The van der Waals surface area contributed by atoms with Gasteiger partial charge in [0.25, 0.3) is 0 Å². The van der Waals surface area contributed by atoms with E-state index in [4.69, 9.17) is 0 Å². The van der Waals surface area contributed by atoms with Gasteiger partial charge in [-0.1, -0.05) is 59.7 Å². The van der Waals surface area contributed by atoms with Crippen LogP contribution in [-0.4, -0.2) is 11.1 Å². The van der Waals surface area contributed by atoms with Crippen molar-refractivity contribution in [3.8, 4) is 59.9 Å². The van der Waals surface area contributed by atoms with Gasteiger partial charge in [0.15, 0.2) is 0 Å². The van der Waals surface area contributed by atoms with E-state index in [-0.39, 0.29) is 6.42 Å². The van der Waals surface area contributed by atoms with Crippen molar-refractivity contribution in [1.82, 2.24) is 0 Å². The number of aliphatic carboxylic acids is 1. The van der Waals surface area contributed by atoms with Gasteiger partial charge in [-0.05, 0) is 91.6 Å². The summed E-state index contributed by atoms with van der Waals surface area (Å²) in [7, 11) is 0. The van der Waals surface area contributed by atoms with Crippen LogP contribution in [0.4, 0.5) is 0 Å². The van der Waals surface area contributed by atoms with Crippen molar-refractivity contribution in [3.05, 3.63) is 119 Å². The van der Waals surface area contributed by atoms with Crippen molar-refractivity contribution in [3.63, 3.8) is 0 Å². The topological polar surface area (TPSA) is 37.3 Å². The highest BCUT2D eigenvalue weighted by molar-refractivity contribution is 7.30. The summed E-state index contributed by atoms with van der Waals surface area (Å²) in [6, 6.07) is 34.8. The molecule has 1 N–H and O–H groups in total. The van der Waals surface area contributed by atoms with Crippen LogP contribution in [0.1, 0.15) is 22.3 Å². The first-order valence-electron chi connectivity index (χ1n) is 14.2. The summed E-state index contributed by atoms with van der Waals surface area (Å²) >= 11 is 8.88. The zero-order chi connectivity index (χ0) is 30.4. The summed E-state index contributed by atoms with van der Waals surface area (Å²) in [5, 5.41) is 9.72. The predicted octanol–water partition coefficient (Wildman–Crippen LogP) is 12.5. The third-order valence-electron chi connectivity index (χ3n) is 7.49. The first-order valence-corrected chi connectivity index (χ1v) is 18.3. The largest absolute Gasteiger partial charge is 0.481 e. The number of carbonyl (C=O) groups is 1. The predicted molar refractivity (Wildman–Crippen MR) is 194 cm³/mol. The van der Waals surface area contributed by atoms with Crippen LogP contribution in [0, 0.1) is 20.8 Å². The molecular weight excluding hydrogens is 637 g/mol. The average Bonchev–Trinajstić information content (AvgIpc) is 3.83. The van der Waals surface area contributed by atoms with Gasteiger partial charge >= 0.3 is 5.97 Å². The number of aryl methyl sites for hydroxylation is 3. The van der Waals surface area contributed by atoms with Crippen LogP contribution in [-0.2, 0) is 11.2 Å². The highest BCUT2D eigenvalue weighted by Gasteiger charge is 2.20. The Morgan fingerprint density at radius 3 is 1.48 bits per heavy atom. The standard InChI is InChI=1S/C37H28O2S5/c1-21-4-8-24(9-5-21)27-12-14-29(40-27)33-18-23(3)36(43-33)31-16-17-32(42-31)37-26(20-35(38)39)19-34(44-37)30-15-13-28(41-30)25-10-6-22(2)7-11-25/h4-19H,20H2,1-3H3,(H,38,39). The number of carboxylic acids is 1. The molecule has 5 heterocycles. The van der Waals surface area contributed by atoms with Gasteiger partial charge in [0.1, 0.15) is 0 Å². The minimum atomic E-state index is -0.807. The summed E-state index contributed by atoms with van der Waals surface area (Å²) in [6.45, 7) is 6.40. The lowest BCUT2D eigenvalue weighted by Gasteiger charge is -1.98. The van der Waals surface area contributed by atoms with Crippen LogP contribution in [0.3, 0.4) is 0 Å². The maximum absolute atomic E-state index is 11.8. The van der Waals surface area contributed by atoms with Crippen molar-refractivity contribution in [2.24, 2.45) is 0 Å². The molecule has 5 aromatic heterocycles. The minimum absolute atomic E-state index is 0.0130. The van der Waals surface area contributed by atoms with Crippen LogP contribution >= 0.6 is 56.7 Å². The van der Waals surface area contributed by atoms with E-state index in [1.165, 1.54) is 62.0 Å². The minimum Gasteiger partial charge on any atom is -0.481 e. The zero-order valence-electron chi connectivity index (χ0n) is 24.3. The fraction of sp³-hybridized carbons (Fsp3) is 0.108. The van der Waals surface area contributed by atoms with Gasteiger partial charge in [0, 0.05) is 48.8 Å². The lowest BCUT2D eigenvalue weighted by molar-refractivity contribution is -0.136. The Bertz CT molecular complexity index is 2100. The molecule has 0 bridgehead atoms. The molecule has 0 radical (unpaired) electrons. The molecule has 7 heteroatoms. The monoisotopic (exact) mass is 664 g/mol. The molecule has 0 aliphatic heterocycles. The summed E-state index contributed by atoms with van der Waals surface area (Å²) < 4.78 is 0. The molecule has 218 valence electrons. The fourth-order valence-electron chi connectivity index (χ4n) is 5.17. The van der Waals surface area contributed by atoms with Crippen molar-refractivity contribution < 1.29 is 9.90 Å². The van der Waals surface area contributed by atoms with E-state index in [9.17, 15) is 9.90 Å². The molecule has 0 fully saturated rings. The number of benzene rings is 2. The van der Waals surface area contributed by atoms with Gasteiger partial charge in [0.2, 0.25) is 0 Å². The van der Waals surface area contributed by atoms with E-state index in [0.717, 1.165) is 20.2 Å². The van der Waals surface area contributed by atoms with E-state index >= 15 is 0 Å². The first-order chi connectivity index (χ1) is 21.3. The van der Waals surface area contributed by atoms with Crippen LogP contribution in [0.25, 0.3) is 59.9 Å². The van der Waals surface area contributed by atoms with Crippen molar-refractivity contribution in [1.29, 1.82) is 0 Å². The van der Waals surface area contributed by atoms with Gasteiger partial charge < -0.3 is 5.11 Å². The average molecular weight is 665 g/mol. The summed E-state index contributed by atoms with van der Waals surface area (Å²) in [5.41, 5.74) is 7.12. The maximum Gasteiger partial charge on any atom is 0.307 e. The van der Waals surface area contributed by atoms with Gasteiger partial charge in [-0.25, -0.2) is 0 Å². The second kappa shape index (κ2) is 12.1. The maximum atomic E-state index is 11.8. The molecule has 44 heavy (non-hydrogen) atoms. The lowest BCUT2D eigenvalue weighted by atomic mass is 10.1. The lowest BCUT2D eigenvalue weighted by Crippen LogP contribution is -1.99. The normalized spacial score (nSPS) is 11.3. The van der Waals surface area contributed by atoms with E-state index in [0.29, 0.717) is 0 Å². The molecule has 7 rings (SSSR count). The molecule has 0 amide bonds. The van der Waals surface area contributed by atoms with E-state index < -0.39 is 5.97 Å². The highest BCUT2D eigenvalue weighted by atomic mass is 32.1. The Hall–Kier alpha value is -3.59. The number of hydrogen-bond acceptors (Lipinski definition) is 6. The van der Waals surface area contributed by atoms with Gasteiger partial charge in [0.05, 0.1) is 6.42 Å². The van der Waals surface area contributed by atoms with Crippen molar-refractivity contribution >= 4 is 62.7 Å². The molecule has 2 nitrogen and oxygen atoms in total. The van der Waals surface area contributed by atoms with Crippen LogP contribution in [0.15, 0.2) is 97.1 Å². The van der Waals surface area contributed by atoms with Crippen molar-refractivity contribution in [2.45, 2.75) is 27.2 Å². The molecule has 0 saturated heterocycles. The molecule has 0 atom stereocenters. The quantitative estimate of drug-likeness (QED) is 0.176. The smallest absolute Gasteiger partial charge is 0.307 e. The van der Waals surface area contributed by atoms with E-state index in [1.807, 2.05) is 22.7 Å². The Balaban J connectivity index is 1.18. The Morgan fingerprint density at radius 2 is 0.932 bits per heavy atom. The summed E-state index contributed by atoms with van der Waals surface area (Å²) in [5.74, 6) is -0.807. The molecule has 0 spiro atoms. The zero-order valence-corrected chi connectivity index (χ0v) is 28.4. The number of carboxylic acid groups (broad SMARTS) is 1. The van der Waals surface area contributed by atoms with Gasteiger partial charge in [-0.15, -0.1) is 56.7 Å². The molecule has 0 unspecified atom stereocenters. The second-order valence-corrected chi connectivity index (χ2v) is 16.2. The van der Waals surface area contributed by atoms with Gasteiger partial charge in [-0.3, -0.25) is 4.79 Å². The Kier molecular flexibility index (Phi) is 7.99. The number of hydrogen-bond donors (Lipinski definition) is 1. The number of rotatable bonds is 8. The fourth-order valence-corrected chi connectivity index (χ4v) is 11.0. The first kappa shape index (κ1) is 29.1. The van der Waals surface area contributed by atoms with E-state index in [1.54, 1.807) is 34.0 Å². The molecular formula is C37H28O2S5. The molecule has 7 aromatic rings. The van der Waals surface area contributed by atoms with Crippen LogP contribution in [0.5, 0.6) is 0 Å². The van der Waals surface area contributed by atoms with E-state index in [2.05, 4.69) is 118 Å².